The maximum atomic E-state index is 14.1. The molecule has 0 aliphatic rings. The van der Waals surface area contributed by atoms with E-state index in [1.54, 1.807) is 6.07 Å². The molecule has 3 rings (SSSR count). The predicted octanol–water partition coefficient (Wildman–Crippen LogP) is 2.98. The summed E-state index contributed by atoms with van der Waals surface area (Å²) in [6.07, 6.45) is -1.91. The predicted molar refractivity (Wildman–Crippen MR) is 88.2 cm³/mol. The smallest absolute Gasteiger partial charge is 0.248 e. The molecule has 5 nitrogen and oxygen atoms in total. The van der Waals surface area contributed by atoms with Crippen molar-refractivity contribution >= 4 is 27.3 Å². The van der Waals surface area contributed by atoms with E-state index in [-0.39, 0.29) is 21.4 Å². The Bertz CT molecular complexity index is 980. The Kier molecular flexibility index (Phi) is 4.86. The number of aliphatic hydroxyl groups excluding tert-OH is 1. The normalized spacial score (nSPS) is 11.3. The van der Waals surface area contributed by atoms with Gasteiger partial charge in [-0.3, -0.25) is 4.79 Å². The van der Waals surface area contributed by atoms with Crippen LogP contribution < -0.4 is 10.5 Å². The van der Waals surface area contributed by atoms with Crippen LogP contribution in [-0.4, -0.2) is 16.1 Å². The lowest BCUT2D eigenvalue weighted by Gasteiger charge is -2.11. The second-order valence-electron chi connectivity index (χ2n) is 5.35. The van der Waals surface area contributed by atoms with E-state index < -0.39 is 42.0 Å². The quantitative estimate of drug-likeness (QED) is 0.591. The van der Waals surface area contributed by atoms with Gasteiger partial charge in [0, 0.05) is 21.2 Å². The van der Waals surface area contributed by atoms with Gasteiger partial charge in [-0.2, -0.15) is 0 Å². The van der Waals surface area contributed by atoms with Gasteiger partial charge in [0.25, 0.3) is 0 Å². The number of fused-ring (bicyclic) bond motifs is 1. The van der Waals surface area contributed by atoms with Crippen LogP contribution in [0.5, 0.6) is 5.75 Å². The van der Waals surface area contributed by atoms with Crippen molar-refractivity contribution in [3.8, 4) is 5.75 Å². The van der Waals surface area contributed by atoms with Crippen LogP contribution in [0, 0.1) is 17.5 Å². The summed E-state index contributed by atoms with van der Waals surface area (Å²) in [5.41, 5.74) is 4.67. The van der Waals surface area contributed by atoms with Crippen molar-refractivity contribution in [2.75, 3.05) is 0 Å². The number of amides is 1. The van der Waals surface area contributed by atoms with Gasteiger partial charge in [-0.1, -0.05) is 6.07 Å². The van der Waals surface area contributed by atoms with Gasteiger partial charge < -0.3 is 20.7 Å². The molecule has 0 fully saturated rings. The van der Waals surface area contributed by atoms with Crippen LogP contribution in [0.1, 0.15) is 27.1 Å². The molecule has 0 atom stereocenters. The zero-order chi connectivity index (χ0) is 19.0. The first-order valence-corrected chi connectivity index (χ1v) is 8.08. The molecule has 4 N–H and O–H groups in total. The molecule has 0 bridgehead atoms. The van der Waals surface area contributed by atoms with E-state index in [4.69, 9.17) is 10.5 Å². The topological polar surface area (TPSA) is 92.8 Å². The third-order valence-corrected chi connectivity index (χ3v) is 4.91. The highest BCUT2D eigenvalue weighted by molar-refractivity contribution is 7.19. The molecule has 0 aliphatic heterocycles. The number of thiophene rings is 1. The summed E-state index contributed by atoms with van der Waals surface area (Å²) in [6, 6.07) is 5.63. The Labute approximate surface area is 149 Å². The highest BCUT2D eigenvalue weighted by Gasteiger charge is 2.22. The zero-order valence-electron chi connectivity index (χ0n) is 13.0. The summed E-state index contributed by atoms with van der Waals surface area (Å²) in [5.74, 6) is -4.75. The maximum Gasteiger partial charge on any atom is 0.248 e. The number of carbonyl (C=O) groups is 1. The number of primary amides is 1. The summed E-state index contributed by atoms with van der Waals surface area (Å²) in [6.45, 7) is -0.516. The van der Waals surface area contributed by atoms with Gasteiger partial charge >= 0.3 is 0 Å². The number of carbonyl (C=O) groups excluding carboxylic acids is 1. The van der Waals surface area contributed by atoms with Gasteiger partial charge in [0.15, 0.2) is 23.7 Å². The molecule has 0 spiro atoms. The number of halogens is 3. The molecule has 1 amide bonds. The molecule has 9 heteroatoms. The summed E-state index contributed by atoms with van der Waals surface area (Å²) in [5, 5.41) is 19.1. The molecule has 0 aliphatic carbocycles. The van der Waals surface area contributed by atoms with E-state index in [9.17, 15) is 28.2 Å². The van der Waals surface area contributed by atoms with Crippen LogP contribution >= 0.6 is 11.3 Å². The number of hydrogen-bond donors (Lipinski definition) is 3. The average molecular weight is 383 g/mol. The molecular weight excluding hydrogens is 371 g/mol. The second kappa shape index (κ2) is 6.94. The number of hydrogen-bond acceptors (Lipinski definition) is 5. The van der Waals surface area contributed by atoms with Gasteiger partial charge in [-0.05, 0) is 24.3 Å². The third kappa shape index (κ3) is 3.24. The fourth-order valence-corrected chi connectivity index (χ4v) is 3.62. The fourth-order valence-electron chi connectivity index (χ4n) is 2.52. The largest absolute Gasteiger partial charge is 0.483 e. The molecule has 3 aromatic rings. The highest BCUT2D eigenvalue weighted by atomic mass is 32.1. The van der Waals surface area contributed by atoms with Crippen LogP contribution in [0.15, 0.2) is 30.3 Å². The number of aliphatic hydroxyl groups is 2. The van der Waals surface area contributed by atoms with Crippen molar-refractivity contribution in [3.63, 3.8) is 0 Å². The summed E-state index contributed by atoms with van der Waals surface area (Å²) in [7, 11) is 0. The molecule has 0 saturated heterocycles. The van der Waals surface area contributed by atoms with E-state index in [1.165, 1.54) is 12.1 Å². The van der Waals surface area contributed by atoms with Crippen LogP contribution in [0.2, 0.25) is 0 Å². The van der Waals surface area contributed by atoms with Crippen molar-refractivity contribution in [2.45, 2.75) is 12.9 Å². The molecule has 0 saturated carbocycles. The first-order chi connectivity index (χ1) is 12.3. The summed E-state index contributed by atoms with van der Waals surface area (Å²) < 4.78 is 47.7. The van der Waals surface area contributed by atoms with Crippen LogP contribution in [0.25, 0.3) is 10.1 Å². The van der Waals surface area contributed by atoms with E-state index in [2.05, 4.69) is 0 Å². The van der Waals surface area contributed by atoms with Crippen molar-refractivity contribution in [1.29, 1.82) is 0 Å². The Balaban J connectivity index is 2.00. The first kappa shape index (κ1) is 18.2. The first-order valence-electron chi connectivity index (χ1n) is 7.27. The fraction of sp³-hybridized carbons (Fsp3) is 0.118. The van der Waals surface area contributed by atoms with E-state index in [1.807, 2.05) is 0 Å². The van der Waals surface area contributed by atoms with E-state index in [0.29, 0.717) is 4.70 Å². The van der Waals surface area contributed by atoms with Crippen molar-refractivity contribution < 1.29 is 32.9 Å². The molecular formula is C17H12F3NO4S. The Morgan fingerprint density at radius 1 is 1.15 bits per heavy atom. The number of benzene rings is 2. The summed E-state index contributed by atoms with van der Waals surface area (Å²) in [4.78, 5) is 11.0. The minimum Gasteiger partial charge on any atom is -0.483 e. The molecule has 0 radical (unpaired) electrons. The average Bonchev–Trinajstić information content (AvgIpc) is 2.94. The monoisotopic (exact) mass is 383 g/mol. The van der Waals surface area contributed by atoms with Crippen molar-refractivity contribution in [1.82, 2.24) is 0 Å². The van der Waals surface area contributed by atoms with E-state index in [0.717, 1.165) is 23.5 Å². The Morgan fingerprint density at radius 2 is 1.81 bits per heavy atom. The Morgan fingerprint density at radius 3 is 2.38 bits per heavy atom. The minimum absolute atomic E-state index is 0.000303. The van der Waals surface area contributed by atoms with Gasteiger partial charge in [-0.15, -0.1) is 11.3 Å². The number of rotatable bonds is 5. The summed E-state index contributed by atoms with van der Waals surface area (Å²) >= 11 is 0.927. The van der Waals surface area contributed by atoms with Crippen molar-refractivity contribution in [3.05, 3.63) is 63.8 Å². The van der Waals surface area contributed by atoms with Gasteiger partial charge in [0.2, 0.25) is 5.91 Å². The van der Waals surface area contributed by atoms with Gasteiger partial charge in [0.05, 0.1) is 4.88 Å². The van der Waals surface area contributed by atoms with Crippen LogP contribution in [0.4, 0.5) is 13.2 Å². The molecule has 1 heterocycles. The van der Waals surface area contributed by atoms with Crippen LogP contribution in [0.3, 0.4) is 0 Å². The standard InChI is InChI=1S/C17H12F3NO4S/c18-9-2-1-3-12-13(9)8(15(26-12)17(23)24)6-25-14-10(19)4-7(16(21)22)5-11(14)20/h1-5,17,23-24H,6H2,(H2,21,22). The SMILES string of the molecule is NC(=O)c1cc(F)c(OCc2c(C(O)O)sc3cccc(F)c23)c(F)c1. The number of ether oxygens (including phenoxy) is 1. The minimum atomic E-state index is -1.91. The lowest BCUT2D eigenvalue weighted by molar-refractivity contribution is -0.0405. The molecule has 2 aromatic carbocycles. The van der Waals surface area contributed by atoms with E-state index >= 15 is 0 Å². The number of nitrogens with two attached hydrogens (primary N) is 1. The molecule has 1 aromatic heterocycles. The zero-order valence-corrected chi connectivity index (χ0v) is 13.8. The highest BCUT2D eigenvalue weighted by Crippen LogP contribution is 2.37. The van der Waals surface area contributed by atoms with Gasteiger partial charge in [-0.25, -0.2) is 13.2 Å². The lowest BCUT2D eigenvalue weighted by atomic mass is 10.1. The maximum absolute atomic E-state index is 14.1. The van der Waals surface area contributed by atoms with Crippen LogP contribution in [-0.2, 0) is 6.61 Å². The van der Waals surface area contributed by atoms with Crippen molar-refractivity contribution in [2.24, 2.45) is 5.73 Å². The third-order valence-electron chi connectivity index (χ3n) is 3.67. The second-order valence-corrected chi connectivity index (χ2v) is 6.44. The van der Waals surface area contributed by atoms with Gasteiger partial charge in [0.1, 0.15) is 12.4 Å². The molecule has 26 heavy (non-hydrogen) atoms. The Hall–Kier alpha value is -2.62. The molecule has 136 valence electrons. The molecule has 0 unspecified atom stereocenters. The lowest BCUT2D eigenvalue weighted by Crippen LogP contribution is -2.12.